The van der Waals surface area contributed by atoms with E-state index in [2.05, 4.69) is 9.15 Å². The molecule has 0 aromatic rings. The molecule has 2 nitrogen and oxygen atoms in total. The molecular weight excluding hydrogens is 127 g/mol. The third-order valence-corrected chi connectivity index (χ3v) is 3.13. The van der Waals surface area contributed by atoms with Crippen LogP contribution in [0, 0.1) is 0 Å². The average molecular weight is 136 g/mol. The van der Waals surface area contributed by atoms with Crippen molar-refractivity contribution in [3.8, 4) is 0 Å². The Hall–Kier alpha value is 0.0669. The van der Waals surface area contributed by atoms with Crippen LogP contribution < -0.4 is 0 Å². The standard InChI is InChI=1S/C4H9FO2Si/c1-8(6-7-8)4-2-3-5/h2-4H2,1H3. The van der Waals surface area contributed by atoms with Crippen molar-refractivity contribution in [3.63, 3.8) is 0 Å². The molecule has 1 saturated heterocycles. The Kier molecular flexibility index (Phi) is 1.64. The summed E-state index contributed by atoms with van der Waals surface area (Å²) < 4.78 is 20.8. The number of halogens is 1. The van der Waals surface area contributed by atoms with Crippen molar-refractivity contribution >= 4 is 8.56 Å². The first-order valence-corrected chi connectivity index (χ1v) is 5.22. The molecule has 0 radical (unpaired) electrons. The normalized spacial score (nSPS) is 23.2. The highest BCUT2D eigenvalue weighted by molar-refractivity contribution is 6.70. The molecule has 0 unspecified atom stereocenters. The van der Waals surface area contributed by atoms with Crippen LogP contribution in [0.2, 0.25) is 12.6 Å². The van der Waals surface area contributed by atoms with E-state index in [0.717, 1.165) is 6.04 Å². The summed E-state index contributed by atoms with van der Waals surface area (Å²) in [4.78, 5) is 0. The van der Waals surface area contributed by atoms with Gasteiger partial charge in [-0.3, -0.25) is 13.5 Å². The van der Waals surface area contributed by atoms with Crippen molar-refractivity contribution in [2.75, 3.05) is 6.67 Å². The highest BCUT2D eigenvalue weighted by Crippen LogP contribution is 2.28. The molecule has 0 spiro atoms. The average Bonchev–Trinajstić information content (AvgIpc) is 2.45. The molecule has 1 fully saturated rings. The third kappa shape index (κ3) is 1.54. The van der Waals surface area contributed by atoms with E-state index in [0.29, 0.717) is 6.42 Å². The lowest BCUT2D eigenvalue weighted by Gasteiger charge is -1.89. The fourth-order valence-electron chi connectivity index (χ4n) is 0.542. The molecule has 0 aromatic heterocycles. The topological polar surface area (TPSA) is 25.1 Å². The summed E-state index contributed by atoms with van der Waals surface area (Å²) in [5.74, 6) is 0. The van der Waals surface area contributed by atoms with E-state index >= 15 is 0 Å². The molecule has 1 rings (SSSR count). The molecule has 0 N–H and O–H groups in total. The highest BCUT2D eigenvalue weighted by Gasteiger charge is 2.47. The Bertz CT molecular complexity index is 84.1. The monoisotopic (exact) mass is 136 g/mol. The van der Waals surface area contributed by atoms with Gasteiger partial charge in [0.05, 0.1) is 6.67 Å². The van der Waals surface area contributed by atoms with Gasteiger partial charge in [0.15, 0.2) is 0 Å². The molecule has 0 aromatic carbocycles. The van der Waals surface area contributed by atoms with Crippen molar-refractivity contribution in [3.05, 3.63) is 0 Å². The molecule has 48 valence electrons. The van der Waals surface area contributed by atoms with Crippen LogP contribution in [0.25, 0.3) is 0 Å². The van der Waals surface area contributed by atoms with Gasteiger partial charge in [-0.15, -0.1) is 0 Å². The maximum atomic E-state index is 11.5. The van der Waals surface area contributed by atoms with Gasteiger partial charge in [0.2, 0.25) is 0 Å². The number of rotatable bonds is 3. The zero-order valence-electron chi connectivity index (χ0n) is 4.82. The van der Waals surface area contributed by atoms with Crippen molar-refractivity contribution in [2.45, 2.75) is 19.0 Å². The van der Waals surface area contributed by atoms with Gasteiger partial charge in [-0.05, 0) is 19.0 Å². The van der Waals surface area contributed by atoms with Crippen LogP contribution in [0.15, 0.2) is 0 Å². The minimum absolute atomic E-state index is 0.255. The van der Waals surface area contributed by atoms with Crippen LogP contribution in [-0.4, -0.2) is 15.2 Å². The van der Waals surface area contributed by atoms with E-state index in [1.807, 2.05) is 6.55 Å². The van der Waals surface area contributed by atoms with E-state index < -0.39 is 8.56 Å². The minimum atomic E-state index is -1.67. The second-order valence-corrected chi connectivity index (χ2v) is 5.19. The van der Waals surface area contributed by atoms with E-state index in [9.17, 15) is 4.39 Å². The summed E-state index contributed by atoms with van der Waals surface area (Å²) in [6.07, 6.45) is 0.586. The summed E-state index contributed by atoms with van der Waals surface area (Å²) in [5, 5.41) is 0. The smallest absolute Gasteiger partial charge is 0.257 e. The van der Waals surface area contributed by atoms with Crippen LogP contribution in [0.5, 0.6) is 0 Å². The lowest BCUT2D eigenvalue weighted by atomic mass is 10.6. The first-order chi connectivity index (χ1) is 3.77. The molecular formula is C4H9FO2Si. The third-order valence-electron chi connectivity index (χ3n) is 1.13. The molecule has 0 amide bonds. The van der Waals surface area contributed by atoms with Gasteiger partial charge in [0.25, 0.3) is 0 Å². The molecule has 0 bridgehead atoms. The zero-order chi connectivity index (χ0) is 6.04. The maximum Gasteiger partial charge on any atom is 0.403 e. The highest BCUT2D eigenvalue weighted by atomic mass is 28.4. The fourth-order valence-corrected chi connectivity index (χ4v) is 2.05. The zero-order valence-corrected chi connectivity index (χ0v) is 5.82. The van der Waals surface area contributed by atoms with Crippen LogP contribution in [0.4, 0.5) is 4.39 Å². The summed E-state index contributed by atoms with van der Waals surface area (Å²) in [5.41, 5.74) is 0. The Morgan fingerprint density at radius 2 is 2.12 bits per heavy atom. The van der Waals surface area contributed by atoms with Crippen molar-refractivity contribution < 1.29 is 13.5 Å². The summed E-state index contributed by atoms with van der Waals surface area (Å²) in [7, 11) is -1.67. The number of alkyl halides is 1. The molecule has 0 saturated carbocycles. The minimum Gasteiger partial charge on any atom is -0.257 e. The Balaban J connectivity index is 2.01. The lowest BCUT2D eigenvalue weighted by molar-refractivity contribution is 0.0850. The Morgan fingerprint density at radius 3 is 2.50 bits per heavy atom. The number of hydrogen-bond acceptors (Lipinski definition) is 2. The quantitative estimate of drug-likeness (QED) is 0.332. The first-order valence-electron chi connectivity index (χ1n) is 2.70. The molecule has 1 heterocycles. The predicted molar refractivity (Wildman–Crippen MR) is 29.2 cm³/mol. The van der Waals surface area contributed by atoms with E-state index in [4.69, 9.17) is 0 Å². The molecule has 0 aliphatic carbocycles. The van der Waals surface area contributed by atoms with Gasteiger partial charge in [-0.1, -0.05) is 0 Å². The molecule has 1 aliphatic rings. The van der Waals surface area contributed by atoms with Gasteiger partial charge in [-0.2, -0.15) is 0 Å². The lowest BCUT2D eigenvalue weighted by Crippen LogP contribution is -2.08. The van der Waals surface area contributed by atoms with Crippen molar-refractivity contribution in [1.29, 1.82) is 0 Å². The van der Waals surface area contributed by atoms with Crippen molar-refractivity contribution in [2.24, 2.45) is 0 Å². The van der Waals surface area contributed by atoms with Gasteiger partial charge in [0.1, 0.15) is 0 Å². The summed E-state index contributed by atoms with van der Waals surface area (Å²) >= 11 is 0. The molecule has 8 heavy (non-hydrogen) atoms. The van der Waals surface area contributed by atoms with E-state index in [1.165, 1.54) is 0 Å². The van der Waals surface area contributed by atoms with Gasteiger partial charge in [-0.25, -0.2) is 0 Å². The van der Waals surface area contributed by atoms with Crippen LogP contribution in [-0.2, 0) is 9.15 Å². The Morgan fingerprint density at radius 1 is 1.50 bits per heavy atom. The SMILES string of the molecule is C[Si]1(CCCF)OO1. The second kappa shape index (κ2) is 2.12. The summed E-state index contributed by atoms with van der Waals surface area (Å²) in [6, 6.07) is 0.795. The van der Waals surface area contributed by atoms with E-state index in [1.54, 1.807) is 0 Å². The second-order valence-electron chi connectivity index (χ2n) is 2.09. The predicted octanol–water partition coefficient (Wildman–Crippen LogP) is 1.38. The van der Waals surface area contributed by atoms with Crippen molar-refractivity contribution in [1.82, 2.24) is 0 Å². The van der Waals surface area contributed by atoms with Gasteiger partial charge >= 0.3 is 8.56 Å². The summed E-state index contributed by atoms with van der Waals surface area (Å²) in [6.45, 7) is 1.68. The largest absolute Gasteiger partial charge is 0.403 e. The molecule has 1 aliphatic heterocycles. The Labute approximate surface area is 48.8 Å². The van der Waals surface area contributed by atoms with E-state index in [-0.39, 0.29) is 6.67 Å². The van der Waals surface area contributed by atoms with Crippen LogP contribution >= 0.6 is 0 Å². The molecule has 0 atom stereocenters. The fraction of sp³-hybridized carbons (Fsp3) is 1.00. The molecule has 4 heteroatoms. The number of hydrogen-bond donors (Lipinski definition) is 0. The van der Waals surface area contributed by atoms with Crippen LogP contribution in [0.3, 0.4) is 0 Å². The maximum absolute atomic E-state index is 11.5. The van der Waals surface area contributed by atoms with Gasteiger partial charge < -0.3 is 0 Å². The van der Waals surface area contributed by atoms with Gasteiger partial charge in [0, 0.05) is 0 Å². The first kappa shape index (κ1) is 6.19. The van der Waals surface area contributed by atoms with Crippen LogP contribution in [0.1, 0.15) is 6.42 Å².